The second-order valence-corrected chi connectivity index (χ2v) is 6.46. The molecule has 1 amide bonds. The molecule has 0 aromatic carbocycles. The summed E-state index contributed by atoms with van der Waals surface area (Å²) < 4.78 is 1.60. The van der Waals surface area contributed by atoms with Gasteiger partial charge < -0.3 is 0 Å². The minimum Gasteiger partial charge on any atom is -0.298 e. The minimum absolute atomic E-state index is 0.264. The van der Waals surface area contributed by atoms with Crippen LogP contribution in [0.1, 0.15) is 21.7 Å². The monoisotopic (exact) mass is 350 g/mol. The Morgan fingerprint density at radius 2 is 2.04 bits per heavy atom. The summed E-state index contributed by atoms with van der Waals surface area (Å²) in [5, 5.41) is 9.45. The summed E-state index contributed by atoms with van der Waals surface area (Å²) in [5.41, 5.74) is 4.54. The summed E-state index contributed by atoms with van der Waals surface area (Å²) in [5.74, 6) is -0.264. The number of fused-ring (bicyclic) bond motifs is 1. The molecule has 4 aromatic heterocycles. The number of thiazole rings is 1. The summed E-state index contributed by atoms with van der Waals surface area (Å²) in [4.78, 5) is 25.4. The third-order valence-corrected chi connectivity index (χ3v) is 4.56. The first kappa shape index (κ1) is 15.4. The van der Waals surface area contributed by atoms with E-state index < -0.39 is 0 Å². The van der Waals surface area contributed by atoms with Gasteiger partial charge in [0.05, 0.1) is 11.3 Å². The van der Waals surface area contributed by atoms with Crippen LogP contribution in [0.2, 0.25) is 0 Å². The number of hydrogen-bond acceptors (Lipinski definition) is 6. The molecule has 0 bridgehead atoms. The van der Waals surface area contributed by atoms with E-state index in [1.165, 1.54) is 17.7 Å². The second kappa shape index (κ2) is 6.06. The Hall–Kier alpha value is -3.13. The third-order valence-electron chi connectivity index (χ3n) is 3.69. The van der Waals surface area contributed by atoms with Crippen molar-refractivity contribution in [1.82, 2.24) is 24.6 Å². The number of carbonyl (C=O) groups is 1. The molecule has 1 N–H and O–H groups in total. The lowest BCUT2D eigenvalue weighted by molar-refractivity contribution is 0.102. The Morgan fingerprint density at radius 3 is 2.80 bits per heavy atom. The molecule has 8 heteroatoms. The van der Waals surface area contributed by atoms with Gasteiger partial charge >= 0.3 is 0 Å². The number of pyridine rings is 2. The Morgan fingerprint density at radius 1 is 1.16 bits per heavy atom. The van der Waals surface area contributed by atoms with Crippen molar-refractivity contribution >= 4 is 28.0 Å². The number of nitrogens with zero attached hydrogens (tertiary/aromatic N) is 5. The van der Waals surface area contributed by atoms with E-state index in [4.69, 9.17) is 0 Å². The van der Waals surface area contributed by atoms with E-state index in [9.17, 15) is 4.79 Å². The standard InChI is InChI=1S/C17H14N6OS/c1-10-5-12(3-4-18-10)13-6-14(15-19-9-20-23(15)7-13)16(24)22-17-21-11(2)8-25-17/h3-9H,1-2H3,(H,21,22,24). The zero-order valence-corrected chi connectivity index (χ0v) is 14.4. The highest BCUT2D eigenvalue weighted by atomic mass is 32.1. The lowest BCUT2D eigenvalue weighted by Gasteiger charge is -2.08. The van der Waals surface area contributed by atoms with Gasteiger partial charge in [-0.2, -0.15) is 5.10 Å². The van der Waals surface area contributed by atoms with E-state index in [1.54, 1.807) is 10.7 Å². The average Bonchev–Trinajstić information content (AvgIpc) is 3.22. The molecule has 0 saturated carbocycles. The molecule has 0 atom stereocenters. The van der Waals surface area contributed by atoms with Gasteiger partial charge in [0, 0.05) is 29.0 Å². The Balaban J connectivity index is 1.79. The number of aryl methyl sites for hydroxylation is 2. The highest BCUT2D eigenvalue weighted by Crippen LogP contribution is 2.24. The van der Waals surface area contributed by atoms with Crippen LogP contribution in [0.5, 0.6) is 0 Å². The first-order chi connectivity index (χ1) is 12.1. The summed E-state index contributed by atoms with van der Waals surface area (Å²) >= 11 is 1.39. The van der Waals surface area contributed by atoms with Crippen LogP contribution in [0.3, 0.4) is 0 Å². The van der Waals surface area contributed by atoms with Crippen molar-refractivity contribution in [3.8, 4) is 11.1 Å². The number of nitrogens with one attached hydrogen (secondary N) is 1. The molecule has 0 aliphatic heterocycles. The van der Waals surface area contributed by atoms with Gasteiger partial charge in [-0.15, -0.1) is 11.3 Å². The summed E-state index contributed by atoms with van der Waals surface area (Å²) in [6.07, 6.45) is 5.02. The Kier molecular flexibility index (Phi) is 3.73. The zero-order valence-electron chi connectivity index (χ0n) is 13.6. The molecule has 4 heterocycles. The van der Waals surface area contributed by atoms with E-state index in [0.717, 1.165) is 22.5 Å². The van der Waals surface area contributed by atoms with Crippen LogP contribution < -0.4 is 5.32 Å². The minimum atomic E-state index is -0.264. The molecule has 0 aliphatic rings. The predicted molar refractivity (Wildman–Crippen MR) is 95.8 cm³/mol. The normalized spacial score (nSPS) is 11.0. The predicted octanol–water partition coefficient (Wildman–Crippen LogP) is 3.12. The maximum absolute atomic E-state index is 12.7. The number of rotatable bonds is 3. The van der Waals surface area contributed by atoms with E-state index in [0.29, 0.717) is 16.3 Å². The van der Waals surface area contributed by atoms with Crippen molar-refractivity contribution in [1.29, 1.82) is 0 Å². The molecule has 0 fully saturated rings. The molecule has 0 unspecified atom stereocenters. The maximum Gasteiger partial charge on any atom is 0.261 e. The first-order valence-electron chi connectivity index (χ1n) is 7.60. The van der Waals surface area contributed by atoms with Crippen molar-refractivity contribution in [3.63, 3.8) is 0 Å². The fraction of sp³-hybridized carbons (Fsp3) is 0.118. The van der Waals surface area contributed by atoms with E-state index in [1.807, 2.05) is 43.6 Å². The van der Waals surface area contributed by atoms with Crippen molar-refractivity contribution in [2.45, 2.75) is 13.8 Å². The van der Waals surface area contributed by atoms with Gasteiger partial charge in [-0.1, -0.05) is 0 Å². The SMILES string of the molecule is Cc1cc(-c2cc(C(=O)Nc3nc(C)cs3)c3ncnn3c2)ccn1. The van der Waals surface area contributed by atoms with Crippen LogP contribution in [0.15, 0.2) is 42.3 Å². The fourth-order valence-corrected chi connectivity index (χ4v) is 3.24. The third kappa shape index (κ3) is 2.99. The smallest absolute Gasteiger partial charge is 0.261 e. The van der Waals surface area contributed by atoms with Crippen molar-refractivity contribution < 1.29 is 4.79 Å². The summed E-state index contributed by atoms with van der Waals surface area (Å²) in [6, 6.07) is 5.68. The maximum atomic E-state index is 12.7. The number of anilines is 1. The van der Waals surface area contributed by atoms with Crippen LogP contribution in [0, 0.1) is 13.8 Å². The van der Waals surface area contributed by atoms with Crippen LogP contribution in [0.4, 0.5) is 5.13 Å². The van der Waals surface area contributed by atoms with E-state index in [2.05, 4.69) is 25.4 Å². The van der Waals surface area contributed by atoms with Gasteiger partial charge in [0.25, 0.3) is 5.91 Å². The van der Waals surface area contributed by atoms with Crippen molar-refractivity contribution in [3.05, 3.63) is 59.3 Å². The molecule has 0 radical (unpaired) electrons. The molecule has 0 saturated heterocycles. The lowest BCUT2D eigenvalue weighted by atomic mass is 10.1. The van der Waals surface area contributed by atoms with Crippen LogP contribution in [-0.4, -0.2) is 30.5 Å². The summed E-state index contributed by atoms with van der Waals surface area (Å²) in [6.45, 7) is 3.81. The number of amides is 1. The fourth-order valence-electron chi connectivity index (χ4n) is 2.55. The molecule has 0 aliphatic carbocycles. The molecule has 4 aromatic rings. The zero-order chi connectivity index (χ0) is 17.4. The van der Waals surface area contributed by atoms with Crippen LogP contribution in [-0.2, 0) is 0 Å². The molecule has 7 nitrogen and oxygen atoms in total. The number of carbonyl (C=O) groups excluding carboxylic acids is 1. The topological polar surface area (TPSA) is 85.1 Å². The van der Waals surface area contributed by atoms with Gasteiger partial charge in [0.2, 0.25) is 0 Å². The largest absolute Gasteiger partial charge is 0.298 e. The number of aromatic nitrogens is 5. The van der Waals surface area contributed by atoms with Crippen LogP contribution in [0.25, 0.3) is 16.8 Å². The Labute approximate surface area is 147 Å². The molecular weight excluding hydrogens is 336 g/mol. The highest BCUT2D eigenvalue weighted by molar-refractivity contribution is 7.13. The van der Waals surface area contributed by atoms with E-state index >= 15 is 0 Å². The van der Waals surface area contributed by atoms with Crippen molar-refractivity contribution in [2.75, 3.05) is 5.32 Å². The van der Waals surface area contributed by atoms with Gasteiger partial charge in [-0.3, -0.25) is 15.1 Å². The quantitative estimate of drug-likeness (QED) is 0.613. The van der Waals surface area contributed by atoms with Gasteiger partial charge in [0.1, 0.15) is 6.33 Å². The van der Waals surface area contributed by atoms with E-state index in [-0.39, 0.29) is 5.91 Å². The van der Waals surface area contributed by atoms with Gasteiger partial charge in [-0.05, 0) is 37.6 Å². The molecular formula is C17H14N6OS. The first-order valence-corrected chi connectivity index (χ1v) is 8.48. The van der Waals surface area contributed by atoms with Crippen molar-refractivity contribution in [2.24, 2.45) is 0 Å². The molecule has 124 valence electrons. The summed E-state index contributed by atoms with van der Waals surface area (Å²) in [7, 11) is 0. The number of hydrogen-bond donors (Lipinski definition) is 1. The van der Waals surface area contributed by atoms with Crippen LogP contribution >= 0.6 is 11.3 Å². The second-order valence-electron chi connectivity index (χ2n) is 5.60. The van der Waals surface area contributed by atoms with Gasteiger partial charge in [-0.25, -0.2) is 14.5 Å². The molecule has 0 spiro atoms. The average molecular weight is 350 g/mol. The Bertz CT molecular complexity index is 1080. The van der Waals surface area contributed by atoms with Gasteiger partial charge in [0.15, 0.2) is 10.8 Å². The molecule has 25 heavy (non-hydrogen) atoms. The highest BCUT2D eigenvalue weighted by Gasteiger charge is 2.16. The molecule has 4 rings (SSSR count). The lowest BCUT2D eigenvalue weighted by Crippen LogP contribution is -2.14.